The van der Waals surface area contributed by atoms with Crippen LogP contribution in [-0.4, -0.2) is 42.8 Å². The van der Waals surface area contributed by atoms with Crippen LogP contribution >= 0.6 is 46.2 Å². The first kappa shape index (κ1) is 23.0. The van der Waals surface area contributed by atoms with E-state index in [2.05, 4.69) is 24.6 Å². The quantitative estimate of drug-likeness (QED) is 0.219. The number of thioether (sulfide) groups is 2. The van der Waals surface area contributed by atoms with Crippen LogP contribution in [0.3, 0.4) is 0 Å². The molecule has 0 spiro atoms. The maximum Gasteiger partial charge on any atom is 0.265 e. The molecule has 0 saturated carbocycles. The zero-order chi connectivity index (χ0) is 25.7. The van der Waals surface area contributed by atoms with E-state index in [-0.39, 0.29) is 11.1 Å². The number of benzene rings is 2. The summed E-state index contributed by atoms with van der Waals surface area (Å²) in [4.78, 5) is 41.9. The van der Waals surface area contributed by atoms with Crippen molar-refractivity contribution in [1.29, 1.82) is 0 Å². The van der Waals surface area contributed by atoms with Crippen molar-refractivity contribution in [2.24, 2.45) is 0 Å². The molecule has 0 amide bonds. The predicted molar refractivity (Wildman–Crippen MR) is 166 cm³/mol. The van der Waals surface area contributed by atoms with E-state index in [9.17, 15) is 9.59 Å². The molecule has 0 bridgehead atoms. The van der Waals surface area contributed by atoms with Crippen LogP contribution in [0.1, 0.15) is 9.75 Å². The van der Waals surface area contributed by atoms with E-state index in [1.54, 1.807) is 31.5 Å². The molecule has 6 aromatic heterocycles. The summed E-state index contributed by atoms with van der Waals surface area (Å²) in [5.74, 6) is 2.08. The summed E-state index contributed by atoms with van der Waals surface area (Å²) in [6.07, 6.45) is 6.14. The van der Waals surface area contributed by atoms with Gasteiger partial charge in [0, 0.05) is 42.1 Å². The van der Waals surface area contributed by atoms with Crippen molar-refractivity contribution >= 4 is 111 Å². The van der Waals surface area contributed by atoms with Crippen LogP contribution in [0.15, 0.2) is 46.0 Å². The van der Waals surface area contributed by atoms with Gasteiger partial charge in [0.15, 0.2) is 0 Å². The van der Waals surface area contributed by atoms with Gasteiger partial charge in [0.25, 0.3) is 11.1 Å². The van der Waals surface area contributed by atoms with Gasteiger partial charge in [0.2, 0.25) is 0 Å². The molecule has 0 saturated heterocycles. The van der Waals surface area contributed by atoms with Crippen molar-refractivity contribution in [3.63, 3.8) is 0 Å². The van der Waals surface area contributed by atoms with Crippen LogP contribution in [0.25, 0.3) is 64.3 Å². The molecule has 0 radical (unpaired) electrons. The first-order valence-corrected chi connectivity index (χ1v) is 16.7. The highest BCUT2D eigenvalue weighted by Crippen LogP contribution is 2.38. The second kappa shape index (κ2) is 8.29. The minimum Gasteiger partial charge on any atom is -0.268 e. The largest absolute Gasteiger partial charge is 0.268 e. The average molecular weight is 573 g/mol. The minimum atomic E-state index is -0.0854. The lowest BCUT2D eigenvalue weighted by molar-refractivity contribution is 1.19. The lowest BCUT2D eigenvalue weighted by Gasteiger charge is -2.11. The highest BCUT2D eigenvalue weighted by molar-refractivity contribution is 7.98. The summed E-state index contributed by atoms with van der Waals surface area (Å²) >= 11 is 6.92. The number of rotatable bonds is 6. The molecule has 8 aromatic rings. The van der Waals surface area contributed by atoms with Crippen molar-refractivity contribution in [2.45, 2.75) is 12.8 Å². The number of nitrogens with zero attached hydrogens (tertiary/aromatic N) is 4. The second-order valence-electron chi connectivity index (χ2n) is 9.52. The van der Waals surface area contributed by atoms with E-state index in [0.29, 0.717) is 22.1 Å². The van der Waals surface area contributed by atoms with Gasteiger partial charge >= 0.3 is 0 Å². The number of imidazole rings is 2. The molecule has 0 fully saturated rings. The van der Waals surface area contributed by atoms with Gasteiger partial charge < -0.3 is 0 Å². The molecule has 6 heterocycles. The number of thiophene rings is 2. The van der Waals surface area contributed by atoms with Gasteiger partial charge in [0.05, 0.1) is 0 Å². The highest BCUT2D eigenvalue weighted by Gasteiger charge is 2.23. The van der Waals surface area contributed by atoms with Gasteiger partial charge in [-0.15, -0.1) is 22.7 Å². The molecule has 0 unspecified atom stereocenters. The van der Waals surface area contributed by atoms with E-state index in [4.69, 9.17) is 9.97 Å². The monoisotopic (exact) mass is 572 g/mol. The predicted octanol–water partition coefficient (Wildman–Crippen LogP) is 6.28. The highest BCUT2D eigenvalue weighted by atomic mass is 32.2. The van der Waals surface area contributed by atoms with E-state index in [0.717, 1.165) is 66.6 Å². The molecule has 10 heteroatoms. The molecule has 0 atom stereocenters. The van der Waals surface area contributed by atoms with Crippen molar-refractivity contribution in [1.82, 2.24) is 18.8 Å². The van der Waals surface area contributed by atoms with Crippen LogP contribution in [0.5, 0.6) is 0 Å². The molecule has 188 valence electrons. The van der Waals surface area contributed by atoms with Crippen molar-refractivity contribution in [3.8, 4) is 0 Å². The Morgan fingerprint density at radius 3 is 1.53 bits per heavy atom. The first-order valence-electron chi connectivity index (χ1n) is 12.3. The van der Waals surface area contributed by atoms with Gasteiger partial charge in [-0.25, -0.2) is 18.8 Å². The second-order valence-corrected chi connectivity index (χ2v) is 13.7. The smallest absolute Gasteiger partial charge is 0.265 e. The molecular weight excluding hydrogens is 553 g/mol. The van der Waals surface area contributed by atoms with Gasteiger partial charge in [0.1, 0.15) is 32.0 Å². The van der Waals surface area contributed by atoms with Gasteiger partial charge in [-0.1, -0.05) is 0 Å². The van der Waals surface area contributed by atoms with Crippen LogP contribution in [0, 0.1) is 0 Å². The standard InChI is InChI=1S/C28H20N4O2S4/c1-35-9-7-13-11-19-27(37-13)31-23(29-19)15-3-4-16-22-18(6-5-17(21(15)22)25(31)33)26(34)32-24(16)30-20-12-14(8-10-36-2)38-28(20)32/h3-6,11-12H,7-10H2,1-2H3. The minimum absolute atomic E-state index is 0.0854. The Bertz CT molecular complexity index is 2160. The molecule has 0 aliphatic heterocycles. The molecule has 6 nitrogen and oxygen atoms in total. The third-order valence-corrected chi connectivity index (χ3v) is 10.9. The summed E-state index contributed by atoms with van der Waals surface area (Å²) < 4.78 is 3.53. The number of hydrogen-bond donors (Lipinski definition) is 0. The number of aryl methyl sites for hydroxylation is 2. The summed E-state index contributed by atoms with van der Waals surface area (Å²) in [5, 5.41) is 4.63. The Labute approximate surface area is 232 Å². The van der Waals surface area contributed by atoms with Crippen LogP contribution in [-0.2, 0) is 12.8 Å². The zero-order valence-electron chi connectivity index (χ0n) is 20.5. The van der Waals surface area contributed by atoms with Crippen LogP contribution < -0.4 is 11.1 Å². The normalized spacial score (nSPS) is 12.8. The lowest BCUT2D eigenvalue weighted by atomic mass is 9.96. The van der Waals surface area contributed by atoms with Gasteiger partial charge in [-0.2, -0.15) is 23.5 Å². The molecule has 38 heavy (non-hydrogen) atoms. The number of hydrogen-bond acceptors (Lipinski definition) is 8. The third kappa shape index (κ3) is 2.97. The Morgan fingerprint density at radius 1 is 0.684 bits per heavy atom. The number of fused-ring (bicyclic) bond motifs is 8. The third-order valence-electron chi connectivity index (χ3n) is 7.39. The molecule has 0 N–H and O–H groups in total. The molecule has 2 aromatic carbocycles. The summed E-state index contributed by atoms with van der Waals surface area (Å²) in [7, 11) is 0. The van der Waals surface area contributed by atoms with E-state index in [1.807, 2.05) is 47.8 Å². The first-order chi connectivity index (χ1) is 18.6. The maximum atomic E-state index is 13.9. The Kier molecular flexibility index (Phi) is 5.02. The Balaban J connectivity index is 1.47. The van der Waals surface area contributed by atoms with Crippen molar-refractivity contribution in [2.75, 3.05) is 24.0 Å². The van der Waals surface area contributed by atoms with E-state index < -0.39 is 0 Å². The van der Waals surface area contributed by atoms with Crippen LogP contribution in [0.2, 0.25) is 0 Å². The van der Waals surface area contributed by atoms with Crippen molar-refractivity contribution in [3.05, 3.63) is 66.9 Å². The van der Waals surface area contributed by atoms with Gasteiger partial charge in [-0.05, 0) is 73.3 Å². The summed E-state index contributed by atoms with van der Waals surface area (Å²) in [6, 6.07) is 11.9. The summed E-state index contributed by atoms with van der Waals surface area (Å²) in [6.45, 7) is 0. The number of pyridine rings is 2. The molecular formula is C28H20N4O2S4. The zero-order valence-corrected chi connectivity index (χ0v) is 23.8. The topological polar surface area (TPSA) is 68.7 Å². The summed E-state index contributed by atoms with van der Waals surface area (Å²) in [5.41, 5.74) is 2.86. The fourth-order valence-corrected chi connectivity index (χ4v) is 8.99. The van der Waals surface area contributed by atoms with Gasteiger partial charge in [-0.3, -0.25) is 9.59 Å². The maximum absolute atomic E-state index is 13.9. The van der Waals surface area contributed by atoms with E-state index >= 15 is 0 Å². The molecule has 0 aliphatic rings. The van der Waals surface area contributed by atoms with E-state index in [1.165, 1.54) is 9.75 Å². The fourth-order valence-electron chi connectivity index (χ4n) is 5.70. The van der Waals surface area contributed by atoms with Crippen molar-refractivity contribution < 1.29 is 0 Å². The number of aromatic nitrogens is 4. The SMILES string of the molecule is CSCCc1cc2nc3c4ccc5c6c(ccc(c(=O)n3c2s1)c46)c(=O)n1c5nc2cc(CCSC)sc21. The van der Waals surface area contributed by atoms with Crippen LogP contribution in [0.4, 0.5) is 0 Å². The Hall–Kier alpha value is -2.92. The molecule has 8 rings (SSSR count). The molecule has 0 aliphatic carbocycles. The lowest BCUT2D eigenvalue weighted by Crippen LogP contribution is -2.16. The fraction of sp³-hybridized carbons (Fsp3) is 0.214. The Morgan fingerprint density at radius 2 is 1.11 bits per heavy atom. The average Bonchev–Trinajstić information content (AvgIpc) is 3.66.